The maximum atomic E-state index is 13.2. The number of para-hydroxylation sites is 1. The van der Waals surface area contributed by atoms with Gasteiger partial charge in [-0.15, -0.1) is 0 Å². The number of benzene rings is 3. The van der Waals surface area contributed by atoms with E-state index >= 15 is 0 Å². The summed E-state index contributed by atoms with van der Waals surface area (Å²) < 4.78 is 21.8. The Morgan fingerprint density at radius 3 is 2.09 bits per heavy atom. The molecule has 1 N–H and O–H groups in total. The fourth-order valence-corrected chi connectivity index (χ4v) is 3.59. The molecule has 0 saturated heterocycles. The van der Waals surface area contributed by atoms with Crippen LogP contribution >= 0.6 is 11.6 Å². The predicted molar refractivity (Wildman–Crippen MR) is 125 cm³/mol. The van der Waals surface area contributed by atoms with Crippen LogP contribution in [0.1, 0.15) is 26.5 Å². The van der Waals surface area contributed by atoms with E-state index in [1.165, 1.54) is 33.5 Å². The van der Waals surface area contributed by atoms with Gasteiger partial charge in [0.1, 0.15) is 5.58 Å². The summed E-state index contributed by atoms with van der Waals surface area (Å²) in [5, 5.41) is 3.92. The molecule has 0 fully saturated rings. The number of amides is 1. The van der Waals surface area contributed by atoms with Gasteiger partial charge in [-0.2, -0.15) is 0 Å². The topological polar surface area (TPSA) is 87.0 Å². The Labute approximate surface area is 194 Å². The van der Waals surface area contributed by atoms with Crippen molar-refractivity contribution < 1.29 is 28.2 Å². The van der Waals surface area contributed by atoms with Crippen LogP contribution in [0.3, 0.4) is 0 Å². The molecule has 0 aliphatic rings. The van der Waals surface area contributed by atoms with Crippen molar-refractivity contribution in [2.24, 2.45) is 0 Å². The Bertz CT molecular complexity index is 1320. The Kier molecular flexibility index (Phi) is 6.24. The normalized spacial score (nSPS) is 10.7. The van der Waals surface area contributed by atoms with Gasteiger partial charge in [0.05, 0.1) is 27.0 Å². The summed E-state index contributed by atoms with van der Waals surface area (Å²) in [6.07, 6.45) is 0. The lowest BCUT2D eigenvalue weighted by Gasteiger charge is -2.14. The quantitative estimate of drug-likeness (QED) is 0.358. The molecule has 0 spiro atoms. The van der Waals surface area contributed by atoms with Gasteiger partial charge in [0.2, 0.25) is 11.5 Å². The molecular weight excluding hydrogens is 446 g/mol. The highest BCUT2D eigenvalue weighted by molar-refractivity contribution is 6.30. The number of carbonyl (C=O) groups is 2. The molecule has 33 heavy (non-hydrogen) atoms. The second-order valence-corrected chi connectivity index (χ2v) is 7.44. The van der Waals surface area contributed by atoms with E-state index in [0.29, 0.717) is 38.8 Å². The molecule has 0 saturated carbocycles. The van der Waals surface area contributed by atoms with Crippen molar-refractivity contribution >= 4 is 39.9 Å². The first kappa shape index (κ1) is 22.2. The van der Waals surface area contributed by atoms with Crippen molar-refractivity contribution in [2.75, 3.05) is 26.6 Å². The van der Waals surface area contributed by atoms with Crippen LogP contribution in [0.4, 0.5) is 5.69 Å². The average molecular weight is 466 g/mol. The lowest BCUT2D eigenvalue weighted by molar-refractivity contribution is 0.101. The number of halogens is 1. The number of carbonyl (C=O) groups excluding carboxylic acids is 2. The lowest BCUT2D eigenvalue weighted by atomic mass is 10.1. The number of anilines is 1. The number of methoxy groups -OCH3 is 3. The number of nitrogens with one attached hydrogen (secondary N) is 1. The zero-order valence-corrected chi connectivity index (χ0v) is 18.9. The van der Waals surface area contributed by atoms with Crippen molar-refractivity contribution in [2.45, 2.75) is 0 Å². The summed E-state index contributed by atoms with van der Waals surface area (Å²) >= 11 is 5.94. The minimum Gasteiger partial charge on any atom is -0.493 e. The third kappa shape index (κ3) is 4.23. The van der Waals surface area contributed by atoms with Crippen LogP contribution < -0.4 is 19.5 Å². The molecule has 0 bridgehead atoms. The number of ketones is 1. The van der Waals surface area contributed by atoms with E-state index in [0.717, 1.165) is 0 Å². The molecule has 1 aromatic heterocycles. The van der Waals surface area contributed by atoms with Gasteiger partial charge < -0.3 is 23.9 Å². The van der Waals surface area contributed by atoms with Gasteiger partial charge >= 0.3 is 0 Å². The highest BCUT2D eigenvalue weighted by Crippen LogP contribution is 2.39. The van der Waals surface area contributed by atoms with Crippen LogP contribution in [0, 0.1) is 0 Å². The smallest absolute Gasteiger partial charge is 0.256 e. The zero-order valence-electron chi connectivity index (χ0n) is 18.1. The minimum atomic E-state index is -0.481. The molecular formula is C25H20ClNO6. The molecule has 3 aromatic carbocycles. The van der Waals surface area contributed by atoms with Crippen molar-refractivity contribution in [1.82, 2.24) is 0 Å². The summed E-state index contributed by atoms with van der Waals surface area (Å²) in [5.41, 5.74) is 1.36. The monoisotopic (exact) mass is 465 g/mol. The second kappa shape index (κ2) is 9.26. The predicted octanol–water partition coefficient (Wildman–Crippen LogP) is 5.60. The Hall–Kier alpha value is -3.97. The number of rotatable bonds is 7. The number of hydrogen-bond acceptors (Lipinski definition) is 6. The SMILES string of the molecule is COc1cc(C(=O)Nc2c(C(=O)c3ccc(Cl)cc3)oc3ccccc23)cc(OC)c1OC. The maximum absolute atomic E-state index is 13.2. The average Bonchev–Trinajstić information content (AvgIpc) is 3.21. The summed E-state index contributed by atoms with van der Waals surface area (Å²) in [4.78, 5) is 26.4. The second-order valence-electron chi connectivity index (χ2n) is 7.01. The number of furan rings is 1. The Morgan fingerprint density at radius 2 is 1.48 bits per heavy atom. The fourth-order valence-electron chi connectivity index (χ4n) is 3.46. The first-order valence-corrected chi connectivity index (χ1v) is 10.3. The van der Waals surface area contributed by atoms with E-state index < -0.39 is 5.91 Å². The standard InChI is InChI=1S/C25H20ClNO6/c1-30-19-12-15(13-20(31-2)23(19)32-3)25(29)27-21-17-6-4-5-7-18(17)33-24(21)22(28)14-8-10-16(26)11-9-14/h4-13H,1-3H3,(H,27,29). The van der Waals surface area contributed by atoms with Crippen LogP contribution in [0.5, 0.6) is 17.2 Å². The van der Waals surface area contributed by atoms with Crippen LogP contribution in [0.25, 0.3) is 11.0 Å². The highest BCUT2D eigenvalue weighted by atomic mass is 35.5. The summed E-state index contributed by atoms with van der Waals surface area (Å²) in [6.45, 7) is 0. The third-order valence-electron chi connectivity index (χ3n) is 5.07. The highest BCUT2D eigenvalue weighted by Gasteiger charge is 2.25. The third-order valence-corrected chi connectivity index (χ3v) is 5.33. The number of hydrogen-bond donors (Lipinski definition) is 1. The van der Waals surface area contributed by atoms with E-state index in [1.807, 2.05) is 0 Å². The minimum absolute atomic E-state index is 0.0133. The molecule has 0 radical (unpaired) electrons. The van der Waals surface area contributed by atoms with E-state index in [-0.39, 0.29) is 22.8 Å². The Morgan fingerprint density at radius 1 is 0.848 bits per heavy atom. The number of fused-ring (bicyclic) bond motifs is 1. The van der Waals surface area contributed by atoms with Crippen LogP contribution in [0.15, 0.2) is 65.1 Å². The lowest BCUT2D eigenvalue weighted by Crippen LogP contribution is -2.15. The van der Waals surface area contributed by atoms with Crippen molar-refractivity contribution in [3.05, 3.63) is 82.6 Å². The number of ether oxygens (including phenoxy) is 3. The zero-order chi connectivity index (χ0) is 23.5. The molecule has 4 rings (SSSR count). The van der Waals surface area contributed by atoms with Gasteiger partial charge in [-0.1, -0.05) is 23.7 Å². The van der Waals surface area contributed by atoms with Crippen molar-refractivity contribution in [1.29, 1.82) is 0 Å². The fraction of sp³-hybridized carbons (Fsp3) is 0.120. The largest absolute Gasteiger partial charge is 0.493 e. The van der Waals surface area contributed by atoms with Gasteiger partial charge in [-0.25, -0.2) is 0 Å². The molecule has 1 amide bonds. The summed E-state index contributed by atoms with van der Waals surface area (Å²) in [5.74, 6) is 0.172. The Balaban J connectivity index is 1.77. The van der Waals surface area contributed by atoms with Gasteiger partial charge in [-0.3, -0.25) is 9.59 Å². The molecule has 1 heterocycles. The molecule has 0 aliphatic heterocycles. The van der Waals surface area contributed by atoms with Crippen LogP contribution in [-0.2, 0) is 0 Å². The van der Waals surface area contributed by atoms with Gasteiger partial charge in [-0.05, 0) is 48.5 Å². The van der Waals surface area contributed by atoms with Crippen LogP contribution in [-0.4, -0.2) is 33.0 Å². The van der Waals surface area contributed by atoms with Gasteiger partial charge in [0, 0.05) is 21.5 Å². The molecule has 0 atom stereocenters. The van der Waals surface area contributed by atoms with Crippen LogP contribution in [0.2, 0.25) is 5.02 Å². The maximum Gasteiger partial charge on any atom is 0.256 e. The van der Waals surface area contributed by atoms with E-state index in [1.54, 1.807) is 48.5 Å². The van der Waals surface area contributed by atoms with Gasteiger partial charge in [0.15, 0.2) is 17.3 Å². The summed E-state index contributed by atoms with van der Waals surface area (Å²) in [7, 11) is 4.41. The first-order chi connectivity index (χ1) is 16.0. The van der Waals surface area contributed by atoms with Crippen molar-refractivity contribution in [3.8, 4) is 17.2 Å². The van der Waals surface area contributed by atoms with Crippen molar-refractivity contribution in [3.63, 3.8) is 0 Å². The molecule has 0 unspecified atom stereocenters. The summed E-state index contributed by atoms with van der Waals surface area (Å²) in [6, 6.07) is 16.6. The van der Waals surface area contributed by atoms with Gasteiger partial charge in [0.25, 0.3) is 5.91 Å². The molecule has 0 aliphatic carbocycles. The van der Waals surface area contributed by atoms with E-state index in [9.17, 15) is 9.59 Å². The first-order valence-electron chi connectivity index (χ1n) is 9.90. The molecule has 168 valence electrons. The molecule has 4 aromatic rings. The molecule has 7 nitrogen and oxygen atoms in total. The van der Waals surface area contributed by atoms with E-state index in [2.05, 4.69) is 5.32 Å². The van der Waals surface area contributed by atoms with E-state index in [4.69, 9.17) is 30.2 Å². The molecule has 8 heteroatoms.